The van der Waals surface area contributed by atoms with Gasteiger partial charge in [-0.15, -0.1) is 0 Å². The fourth-order valence-electron chi connectivity index (χ4n) is 1.67. The molecule has 92 valence electrons. The van der Waals surface area contributed by atoms with Crippen LogP contribution in [0.15, 0.2) is 48.5 Å². The van der Waals surface area contributed by atoms with Crippen molar-refractivity contribution in [3.63, 3.8) is 0 Å². The van der Waals surface area contributed by atoms with E-state index in [4.69, 9.17) is 16.3 Å². The summed E-state index contributed by atoms with van der Waals surface area (Å²) in [5, 5.41) is 0.610. The van der Waals surface area contributed by atoms with Crippen molar-refractivity contribution < 1.29 is 9.53 Å². The molecule has 0 bridgehead atoms. The van der Waals surface area contributed by atoms with Crippen molar-refractivity contribution in [3.05, 3.63) is 64.7 Å². The summed E-state index contributed by atoms with van der Waals surface area (Å²) in [6.45, 7) is 0.480. The first-order valence-electron chi connectivity index (χ1n) is 5.68. The molecule has 2 rings (SSSR count). The van der Waals surface area contributed by atoms with Gasteiger partial charge in [0, 0.05) is 17.0 Å². The van der Waals surface area contributed by atoms with E-state index in [0.717, 1.165) is 17.4 Å². The highest BCUT2D eigenvalue weighted by Gasteiger charge is 2.04. The van der Waals surface area contributed by atoms with E-state index in [-0.39, 0.29) is 0 Å². The number of benzene rings is 2. The Labute approximate surface area is 111 Å². The summed E-state index contributed by atoms with van der Waals surface area (Å²) < 4.78 is 5.71. The highest BCUT2D eigenvalue weighted by Crippen LogP contribution is 2.23. The van der Waals surface area contributed by atoms with Crippen molar-refractivity contribution in [1.82, 2.24) is 0 Å². The minimum atomic E-state index is 0.310. The van der Waals surface area contributed by atoms with Crippen LogP contribution < -0.4 is 4.74 Å². The molecule has 0 atom stereocenters. The second kappa shape index (κ2) is 6.22. The Bertz CT molecular complexity index is 523. The average molecular weight is 261 g/mol. The predicted octanol–water partition coefficient (Wildman–Crippen LogP) is 3.66. The number of carbonyl (C=O) groups is 1. The first kappa shape index (κ1) is 12.7. The van der Waals surface area contributed by atoms with Crippen LogP contribution in [0, 0.1) is 0 Å². The van der Waals surface area contributed by atoms with Gasteiger partial charge in [0.05, 0.1) is 0 Å². The third kappa shape index (κ3) is 3.34. The predicted molar refractivity (Wildman–Crippen MR) is 72.0 cm³/mol. The zero-order chi connectivity index (χ0) is 12.8. The quantitative estimate of drug-likeness (QED) is 0.767. The second-order valence-corrected chi connectivity index (χ2v) is 4.33. The van der Waals surface area contributed by atoms with Gasteiger partial charge in [-0.1, -0.05) is 41.9 Å². The second-order valence-electron chi connectivity index (χ2n) is 3.90. The van der Waals surface area contributed by atoms with Crippen LogP contribution in [0.3, 0.4) is 0 Å². The van der Waals surface area contributed by atoms with Crippen LogP contribution >= 0.6 is 11.6 Å². The fraction of sp³-hybridized carbons (Fsp3) is 0.133. The molecule has 0 unspecified atom stereocenters. The van der Waals surface area contributed by atoms with Crippen LogP contribution in [0.5, 0.6) is 5.75 Å². The van der Waals surface area contributed by atoms with E-state index >= 15 is 0 Å². The first-order chi connectivity index (χ1) is 8.79. The fourth-order valence-corrected chi connectivity index (χ4v) is 1.87. The van der Waals surface area contributed by atoms with Crippen LogP contribution in [0.4, 0.5) is 0 Å². The molecule has 0 radical (unpaired) electrons. The first-order valence-corrected chi connectivity index (χ1v) is 6.06. The molecule has 2 nitrogen and oxygen atoms in total. The maximum atomic E-state index is 10.6. The normalized spacial score (nSPS) is 10.1. The molecule has 0 aliphatic rings. The number of aldehydes is 1. The topological polar surface area (TPSA) is 26.3 Å². The third-order valence-electron chi connectivity index (χ3n) is 2.56. The molecule has 0 aliphatic carbocycles. The van der Waals surface area contributed by atoms with E-state index in [1.807, 2.05) is 30.3 Å². The molecule has 3 heteroatoms. The van der Waals surface area contributed by atoms with E-state index in [9.17, 15) is 4.79 Å². The number of halogens is 1. The molecule has 0 saturated heterocycles. The van der Waals surface area contributed by atoms with E-state index in [1.165, 1.54) is 0 Å². The Kier molecular flexibility index (Phi) is 4.37. The summed E-state index contributed by atoms with van der Waals surface area (Å²) in [7, 11) is 0. The van der Waals surface area contributed by atoms with Crippen molar-refractivity contribution >= 4 is 17.9 Å². The van der Waals surface area contributed by atoms with E-state index < -0.39 is 0 Å². The van der Waals surface area contributed by atoms with Gasteiger partial charge in [0.25, 0.3) is 0 Å². The molecule has 0 spiro atoms. The largest absolute Gasteiger partial charge is 0.489 e. The lowest BCUT2D eigenvalue weighted by molar-refractivity contribution is -0.107. The Morgan fingerprint density at radius 1 is 1.11 bits per heavy atom. The SMILES string of the molecule is O=CCc1cc(Cl)ccc1OCc1ccccc1. The lowest BCUT2D eigenvalue weighted by Gasteiger charge is -2.10. The lowest BCUT2D eigenvalue weighted by Crippen LogP contribution is -1.99. The summed E-state index contributed by atoms with van der Waals surface area (Å²) in [6.07, 6.45) is 1.16. The number of hydrogen-bond donors (Lipinski definition) is 0. The third-order valence-corrected chi connectivity index (χ3v) is 2.80. The smallest absolute Gasteiger partial charge is 0.124 e. The van der Waals surface area contributed by atoms with Gasteiger partial charge in [0.2, 0.25) is 0 Å². The van der Waals surface area contributed by atoms with Crippen LogP contribution in [0.2, 0.25) is 5.02 Å². The van der Waals surface area contributed by atoms with Gasteiger partial charge >= 0.3 is 0 Å². The summed E-state index contributed by atoms with van der Waals surface area (Å²) in [5.41, 5.74) is 1.90. The van der Waals surface area contributed by atoms with Crippen LogP contribution in [-0.2, 0) is 17.8 Å². The minimum Gasteiger partial charge on any atom is -0.489 e. The summed E-state index contributed by atoms with van der Waals surface area (Å²) in [5.74, 6) is 0.704. The molecule has 0 heterocycles. The summed E-state index contributed by atoms with van der Waals surface area (Å²) in [6, 6.07) is 15.2. The zero-order valence-electron chi connectivity index (χ0n) is 9.80. The molecular formula is C15H13ClO2. The zero-order valence-corrected chi connectivity index (χ0v) is 10.6. The number of ether oxygens (including phenoxy) is 1. The molecule has 0 aliphatic heterocycles. The molecule has 18 heavy (non-hydrogen) atoms. The van der Waals surface area contributed by atoms with Crippen LogP contribution in [-0.4, -0.2) is 6.29 Å². The Balaban J connectivity index is 2.11. The van der Waals surface area contributed by atoms with Gasteiger partial charge in [0.15, 0.2) is 0 Å². The molecule has 0 saturated carbocycles. The van der Waals surface area contributed by atoms with E-state index in [0.29, 0.717) is 23.8 Å². The molecule has 0 amide bonds. The van der Waals surface area contributed by atoms with Crippen molar-refractivity contribution in [1.29, 1.82) is 0 Å². The van der Waals surface area contributed by atoms with Crippen molar-refractivity contribution in [2.75, 3.05) is 0 Å². The molecular weight excluding hydrogens is 248 g/mol. The van der Waals surface area contributed by atoms with Crippen LogP contribution in [0.25, 0.3) is 0 Å². The van der Waals surface area contributed by atoms with Gasteiger partial charge in [-0.05, 0) is 23.8 Å². The summed E-state index contributed by atoms with van der Waals surface area (Å²) >= 11 is 5.90. The lowest BCUT2D eigenvalue weighted by atomic mass is 10.1. The molecule has 2 aromatic carbocycles. The number of rotatable bonds is 5. The highest BCUT2D eigenvalue weighted by molar-refractivity contribution is 6.30. The number of hydrogen-bond acceptors (Lipinski definition) is 2. The Morgan fingerprint density at radius 3 is 2.61 bits per heavy atom. The van der Waals surface area contributed by atoms with Crippen molar-refractivity contribution in [3.8, 4) is 5.75 Å². The highest BCUT2D eigenvalue weighted by atomic mass is 35.5. The van der Waals surface area contributed by atoms with Gasteiger partial charge in [-0.3, -0.25) is 0 Å². The van der Waals surface area contributed by atoms with Crippen molar-refractivity contribution in [2.24, 2.45) is 0 Å². The maximum Gasteiger partial charge on any atom is 0.124 e. The van der Waals surface area contributed by atoms with E-state index in [1.54, 1.807) is 18.2 Å². The van der Waals surface area contributed by atoms with Gasteiger partial charge in [0.1, 0.15) is 18.6 Å². The minimum absolute atomic E-state index is 0.310. The standard InChI is InChI=1S/C15H13ClO2/c16-14-6-7-15(13(10-14)8-9-17)18-11-12-4-2-1-3-5-12/h1-7,9-10H,8,11H2. The Morgan fingerprint density at radius 2 is 1.89 bits per heavy atom. The average Bonchev–Trinajstić information content (AvgIpc) is 2.39. The molecule has 2 aromatic rings. The maximum absolute atomic E-state index is 10.6. The number of carbonyl (C=O) groups excluding carboxylic acids is 1. The van der Waals surface area contributed by atoms with E-state index in [2.05, 4.69) is 0 Å². The van der Waals surface area contributed by atoms with Gasteiger partial charge in [-0.25, -0.2) is 0 Å². The Hall–Kier alpha value is -1.80. The monoisotopic (exact) mass is 260 g/mol. The molecule has 0 N–H and O–H groups in total. The van der Waals surface area contributed by atoms with Crippen molar-refractivity contribution in [2.45, 2.75) is 13.0 Å². The van der Waals surface area contributed by atoms with Gasteiger partial charge in [-0.2, -0.15) is 0 Å². The summed E-state index contributed by atoms with van der Waals surface area (Å²) in [4.78, 5) is 10.6. The van der Waals surface area contributed by atoms with Crippen LogP contribution in [0.1, 0.15) is 11.1 Å². The van der Waals surface area contributed by atoms with Gasteiger partial charge < -0.3 is 9.53 Å². The molecule has 0 aromatic heterocycles. The molecule has 0 fully saturated rings.